The van der Waals surface area contributed by atoms with Crippen LogP contribution in [0.15, 0.2) is 46.9 Å². The molecule has 0 aliphatic heterocycles. The van der Waals surface area contributed by atoms with Gasteiger partial charge in [0.05, 0.1) is 0 Å². The number of thiocarbonyl (C=S) groups is 1. The molecule has 0 heterocycles. The van der Waals surface area contributed by atoms with E-state index in [1.165, 1.54) is 0 Å². The molecule has 0 spiro atoms. The highest BCUT2D eigenvalue weighted by Gasteiger charge is 2.35. The summed E-state index contributed by atoms with van der Waals surface area (Å²) in [6.45, 7) is 3.93. The van der Waals surface area contributed by atoms with Gasteiger partial charge < -0.3 is 16.0 Å². The molecular weight excluding hydrogens is 493 g/mol. The molecule has 0 aliphatic rings. The highest BCUT2D eigenvalue weighted by Crippen LogP contribution is 2.29. The Kier molecular flexibility index (Phi) is 7.77. The van der Waals surface area contributed by atoms with Crippen molar-refractivity contribution in [2.24, 2.45) is 0 Å². The molecule has 9 heteroatoms. The molecule has 0 saturated carbocycles. The van der Waals surface area contributed by atoms with Crippen LogP contribution in [0.2, 0.25) is 0 Å². The minimum atomic E-state index is -1.82. The minimum absolute atomic E-state index is 0.217. The first kappa shape index (κ1) is 22.2. The quantitative estimate of drug-likeness (QED) is 0.290. The third-order valence-corrected chi connectivity index (χ3v) is 4.97. The Balaban J connectivity index is 2.11. The zero-order chi connectivity index (χ0) is 20.2. The fourth-order valence-corrected chi connectivity index (χ4v) is 3.16. The summed E-state index contributed by atoms with van der Waals surface area (Å²) in [5.74, 6) is -0.408. The summed E-state index contributed by atoms with van der Waals surface area (Å²) < 4.78 is -1.06. The highest BCUT2D eigenvalue weighted by molar-refractivity contribution is 9.10. The average Bonchev–Trinajstić information content (AvgIpc) is 2.56. The van der Waals surface area contributed by atoms with E-state index >= 15 is 0 Å². The Morgan fingerprint density at radius 3 is 2.44 bits per heavy atom. The molecule has 0 fully saturated rings. The summed E-state index contributed by atoms with van der Waals surface area (Å²) in [7, 11) is 0. The molecule has 0 radical (unpaired) electrons. The van der Waals surface area contributed by atoms with Crippen molar-refractivity contribution in [3.8, 4) is 0 Å². The lowest BCUT2D eigenvalue weighted by atomic mass is 10.1. The van der Waals surface area contributed by atoms with Crippen LogP contribution >= 0.6 is 63.0 Å². The van der Waals surface area contributed by atoms with Gasteiger partial charge in [-0.05, 0) is 61.5 Å². The van der Waals surface area contributed by atoms with Gasteiger partial charge in [0.2, 0.25) is 3.79 Å². The lowest BCUT2D eigenvalue weighted by Gasteiger charge is -2.28. The summed E-state index contributed by atoms with van der Waals surface area (Å²) in [6.07, 6.45) is -1.04. The van der Waals surface area contributed by atoms with Crippen LogP contribution in [-0.4, -0.2) is 21.0 Å². The van der Waals surface area contributed by atoms with E-state index in [2.05, 4.69) is 31.9 Å². The zero-order valence-electron chi connectivity index (χ0n) is 14.4. The van der Waals surface area contributed by atoms with Crippen molar-refractivity contribution >= 4 is 79.7 Å². The molecule has 4 nitrogen and oxygen atoms in total. The monoisotopic (exact) mass is 507 g/mol. The number of hydrogen-bond donors (Lipinski definition) is 3. The number of anilines is 1. The second-order valence-electron chi connectivity index (χ2n) is 5.88. The van der Waals surface area contributed by atoms with Crippen LogP contribution in [0.1, 0.15) is 21.5 Å². The first-order valence-electron chi connectivity index (χ1n) is 7.84. The number of alkyl halides is 3. The maximum atomic E-state index is 12.5. The van der Waals surface area contributed by atoms with E-state index in [1.54, 1.807) is 18.2 Å². The lowest BCUT2D eigenvalue weighted by molar-refractivity contribution is 0.0934. The molecule has 2 aromatic rings. The Bertz CT molecular complexity index is 858. The molecule has 1 amide bonds. The van der Waals surface area contributed by atoms with E-state index in [4.69, 9.17) is 47.0 Å². The van der Waals surface area contributed by atoms with Crippen LogP contribution in [0.4, 0.5) is 5.69 Å². The predicted molar refractivity (Wildman–Crippen MR) is 121 cm³/mol. The van der Waals surface area contributed by atoms with E-state index in [1.807, 2.05) is 38.1 Å². The average molecular weight is 510 g/mol. The summed E-state index contributed by atoms with van der Waals surface area (Å²) in [4.78, 5) is 12.5. The first-order chi connectivity index (χ1) is 12.6. The number of halogens is 4. The van der Waals surface area contributed by atoms with Crippen LogP contribution in [-0.2, 0) is 0 Å². The van der Waals surface area contributed by atoms with Crippen molar-refractivity contribution < 1.29 is 4.79 Å². The summed E-state index contributed by atoms with van der Waals surface area (Å²) in [5.41, 5.74) is 3.33. The maximum Gasteiger partial charge on any atom is 0.253 e. The number of aryl methyl sites for hydroxylation is 2. The van der Waals surface area contributed by atoms with Crippen molar-refractivity contribution in [2.75, 3.05) is 5.32 Å². The third kappa shape index (κ3) is 6.80. The Morgan fingerprint density at radius 2 is 1.81 bits per heavy atom. The number of nitrogens with one attached hydrogen (secondary N) is 3. The number of rotatable bonds is 4. The Hall–Kier alpha value is -1.05. The Labute approximate surface area is 187 Å². The summed E-state index contributed by atoms with van der Waals surface area (Å²) >= 11 is 26.7. The van der Waals surface area contributed by atoms with Crippen molar-refractivity contribution in [3.63, 3.8) is 0 Å². The standard InChI is InChI=1S/C18H17BrCl3N3OS/c1-10-6-7-11(2)14(8-10)23-17(27)25-16(18(20,21)22)24-15(26)12-4-3-5-13(19)9-12/h3-9,16H,1-2H3,(H,24,26)(H2,23,25,27)/t16-/m0/s1. The van der Waals surface area contributed by atoms with Gasteiger partial charge in [-0.25, -0.2) is 0 Å². The van der Waals surface area contributed by atoms with Crippen LogP contribution in [0.5, 0.6) is 0 Å². The van der Waals surface area contributed by atoms with Gasteiger partial charge in [-0.3, -0.25) is 4.79 Å². The molecule has 27 heavy (non-hydrogen) atoms. The SMILES string of the molecule is Cc1ccc(C)c(NC(=S)N[C@H](NC(=O)c2cccc(Br)c2)C(Cl)(Cl)Cl)c1. The highest BCUT2D eigenvalue weighted by atomic mass is 79.9. The van der Waals surface area contributed by atoms with Gasteiger partial charge in [-0.15, -0.1) is 0 Å². The van der Waals surface area contributed by atoms with Gasteiger partial charge in [0.1, 0.15) is 6.17 Å². The molecule has 0 bridgehead atoms. The summed E-state index contributed by atoms with van der Waals surface area (Å²) in [6, 6.07) is 12.8. The number of hydrogen-bond acceptors (Lipinski definition) is 2. The molecule has 0 aromatic heterocycles. The minimum Gasteiger partial charge on any atom is -0.339 e. The maximum absolute atomic E-state index is 12.5. The van der Waals surface area contributed by atoms with Gasteiger partial charge in [0, 0.05) is 15.7 Å². The molecule has 0 unspecified atom stereocenters. The number of benzene rings is 2. The Morgan fingerprint density at radius 1 is 1.11 bits per heavy atom. The molecule has 2 rings (SSSR count). The fraction of sp³-hybridized carbons (Fsp3) is 0.222. The molecular formula is C18H17BrCl3N3OS. The predicted octanol–water partition coefficient (Wildman–Crippen LogP) is 5.48. The lowest BCUT2D eigenvalue weighted by Crippen LogP contribution is -2.56. The van der Waals surface area contributed by atoms with Crippen molar-refractivity contribution in [1.29, 1.82) is 0 Å². The molecule has 144 valence electrons. The van der Waals surface area contributed by atoms with E-state index in [-0.39, 0.29) is 5.11 Å². The van der Waals surface area contributed by atoms with Crippen molar-refractivity contribution in [1.82, 2.24) is 10.6 Å². The van der Waals surface area contributed by atoms with E-state index in [0.717, 1.165) is 21.3 Å². The van der Waals surface area contributed by atoms with Gasteiger partial charge in [0.25, 0.3) is 5.91 Å². The number of carbonyl (C=O) groups excluding carboxylic acids is 1. The van der Waals surface area contributed by atoms with E-state index in [9.17, 15) is 4.79 Å². The second kappa shape index (κ2) is 9.43. The van der Waals surface area contributed by atoms with Gasteiger partial charge >= 0.3 is 0 Å². The van der Waals surface area contributed by atoms with Crippen molar-refractivity contribution in [3.05, 3.63) is 63.6 Å². The zero-order valence-corrected chi connectivity index (χ0v) is 19.1. The van der Waals surface area contributed by atoms with Gasteiger partial charge in [-0.2, -0.15) is 0 Å². The molecule has 2 aromatic carbocycles. The van der Waals surface area contributed by atoms with E-state index < -0.39 is 15.9 Å². The number of carbonyl (C=O) groups is 1. The van der Waals surface area contributed by atoms with Gasteiger partial charge in [-0.1, -0.05) is 68.9 Å². The topological polar surface area (TPSA) is 53.2 Å². The van der Waals surface area contributed by atoms with E-state index in [0.29, 0.717) is 5.56 Å². The molecule has 0 aliphatic carbocycles. The van der Waals surface area contributed by atoms with Crippen LogP contribution in [0.3, 0.4) is 0 Å². The number of amides is 1. The molecule has 0 saturated heterocycles. The van der Waals surface area contributed by atoms with Crippen LogP contribution in [0, 0.1) is 13.8 Å². The van der Waals surface area contributed by atoms with Crippen molar-refractivity contribution in [2.45, 2.75) is 23.8 Å². The van der Waals surface area contributed by atoms with Crippen LogP contribution in [0.25, 0.3) is 0 Å². The normalized spacial score (nSPS) is 12.2. The molecule has 3 N–H and O–H groups in total. The van der Waals surface area contributed by atoms with Crippen LogP contribution < -0.4 is 16.0 Å². The van der Waals surface area contributed by atoms with Gasteiger partial charge in [0.15, 0.2) is 5.11 Å². The first-order valence-corrected chi connectivity index (χ1v) is 10.2. The largest absolute Gasteiger partial charge is 0.339 e. The molecule has 1 atom stereocenters. The smallest absolute Gasteiger partial charge is 0.253 e. The third-order valence-electron chi connectivity index (χ3n) is 3.61. The summed E-state index contributed by atoms with van der Waals surface area (Å²) in [5, 5.41) is 8.78. The second-order valence-corrected chi connectivity index (χ2v) is 9.57. The fourth-order valence-electron chi connectivity index (χ4n) is 2.20.